The molecule has 0 bridgehead atoms. The monoisotopic (exact) mass is 390 g/mol. The third kappa shape index (κ3) is 4.80. The number of phenols is 1. The fraction of sp³-hybridized carbons (Fsp3) is 0.200. The second-order valence-electron chi connectivity index (χ2n) is 4.63. The average molecular weight is 390 g/mol. The Morgan fingerprint density at radius 1 is 1.40 bits per heavy atom. The van der Waals surface area contributed by atoms with Crippen LogP contribution in [-0.2, 0) is 11.2 Å². The number of aromatic hydroxyl groups is 1. The van der Waals surface area contributed by atoms with E-state index >= 15 is 0 Å². The van der Waals surface area contributed by atoms with Gasteiger partial charge in [0.2, 0.25) is 0 Å². The lowest BCUT2D eigenvalue weighted by Gasteiger charge is -2.14. The molecule has 1 aromatic carbocycles. The normalized spacial score (nSPS) is 12.7. The predicted octanol–water partition coefficient (Wildman–Crippen LogP) is 3.78. The van der Waals surface area contributed by atoms with Gasteiger partial charge in [0.05, 0.1) is 16.9 Å². The Hall–Kier alpha value is -1.91. The summed E-state index contributed by atoms with van der Waals surface area (Å²) in [5.41, 5.74) is -5.14. The minimum atomic E-state index is -4.94. The molecule has 0 fully saturated rings. The number of thioether (sulfide) groups is 1. The molecule has 2 rings (SSSR count). The number of phenolic OH excluding ortho intramolecular Hbond substituents is 1. The summed E-state index contributed by atoms with van der Waals surface area (Å²) in [5.74, 6) is -0.448. The van der Waals surface area contributed by atoms with Crippen LogP contribution in [0.4, 0.5) is 18.9 Å². The highest BCUT2D eigenvalue weighted by atomic mass is 32.2. The molecular weight excluding hydrogens is 377 g/mol. The minimum Gasteiger partial charge on any atom is -0.604 e. The summed E-state index contributed by atoms with van der Waals surface area (Å²) in [4.78, 5) is 16.3. The van der Waals surface area contributed by atoms with E-state index in [4.69, 9.17) is 0 Å². The molecule has 134 valence electrons. The van der Waals surface area contributed by atoms with Gasteiger partial charge in [-0.05, 0) is 30.0 Å². The zero-order valence-electron chi connectivity index (χ0n) is 12.8. The van der Waals surface area contributed by atoms with Crippen LogP contribution >= 0.6 is 11.8 Å². The number of halogens is 3. The number of rotatable bonds is 5. The van der Waals surface area contributed by atoms with Crippen molar-refractivity contribution in [2.24, 2.45) is 0 Å². The molecule has 10 heteroatoms. The Labute approximate surface area is 148 Å². The first-order valence-electron chi connectivity index (χ1n) is 6.94. The van der Waals surface area contributed by atoms with Gasteiger partial charge in [0.25, 0.3) is 5.91 Å². The van der Waals surface area contributed by atoms with Crippen molar-refractivity contribution in [2.45, 2.75) is 22.2 Å². The second kappa shape index (κ2) is 7.98. The third-order valence-corrected chi connectivity index (χ3v) is 4.96. The van der Waals surface area contributed by atoms with E-state index in [9.17, 15) is 27.6 Å². The van der Waals surface area contributed by atoms with Crippen LogP contribution in [-0.4, -0.2) is 31.8 Å². The molecule has 0 saturated carbocycles. The molecule has 0 aliphatic carbocycles. The molecule has 0 radical (unpaired) electrons. The number of carbonyl (C=O) groups is 1. The highest BCUT2D eigenvalue weighted by Gasteiger charge is 2.46. The van der Waals surface area contributed by atoms with Gasteiger partial charge in [-0.15, -0.1) is 24.9 Å². The highest BCUT2D eigenvalue weighted by molar-refractivity contribution is 7.99. The molecule has 1 amide bonds. The molecule has 2 N–H and O–H groups in total. The van der Waals surface area contributed by atoms with Gasteiger partial charge in [-0.25, -0.2) is 4.98 Å². The van der Waals surface area contributed by atoms with Gasteiger partial charge in [0.1, 0.15) is 11.4 Å². The number of nitrogens with zero attached hydrogens (tertiary/aromatic N) is 1. The Bertz CT molecular complexity index is 772. The number of hydrogen-bond acceptors (Lipinski definition) is 5. The molecule has 1 heterocycles. The molecule has 1 unspecified atom stereocenters. The topological polar surface area (TPSA) is 85.3 Å². The first-order chi connectivity index (χ1) is 11.7. The lowest BCUT2D eigenvalue weighted by atomic mass is 10.2. The smallest absolute Gasteiger partial charge is 0.578 e. The van der Waals surface area contributed by atoms with Gasteiger partial charge in [0.15, 0.2) is 4.90 Å². The summed E-state index contributed by atoms with van der Waals surface area (Å²) in [6.07, 6.45) is 1.41. The van der Waals surface area contributed by atoms with Crippen molar-refractivity contribution in [1.82, 2.24) is 4.98 Å². The zero-order valence-corrected chi connectivity index (χ0v) is 14.5. The van der Waals surface area contributed by atoms with E-state index in [2.05, 4.69) is 10.3 Å². The number of pyridine rings is 1. The second-order valence-corrected chi connectivity index (χ2v) is 7.41. The molecule has 1 aromatic heterocycles. The van der Waals surface area contributed by atoms with Gasteiger partial charge in [0, 0.05) is 17.2 Å². The van der Waals surface area contributed by atoms with Crippen LogP contribution in [0.2, 0.25) is 0 Å². The van der Waals surface area contributed by atoms with Crippen LogP contribution in [0.1, 0.15) is 17.4 Å². The number of carbonyl (C=O) groups excluding carboxylic acids is 1. The van der Waals surface area contributed by atoms with Crippen LogP contribution in [0, 0.1) is 0 Å². The number of nitrogens with one attached hydrogen (secondary N) is 1. The molecule has 0 aliphatic heterocycles. The fourth-order valence-electron chi connectivity index (χ4n) is 1.88. The Balaban J connectivity index is 2.30. The van der Waals surface area contributed by atoms with E-state index in [0.717, 1.165) is 18.2 Å². The van der Waals surface area contributed by atoms with E-state index in [0.29, 0.717) is 10.6 Å². The standard InChI is InChI=1S/C15H13F3N2O3S2/c1-2-24-12-4-3-7-19-13(12)14(22)20-10-8-9(5-6-11(10)21)25(23)15(16,17)18/h3-8,21H,2H2,1H3,(H,20,22). The summed E-state index contributed by atoms with van der Waals surface area (Å²) >= 11 is -1.89. The average Bonchev–Trinajstić information content (AvgIpc) is 2.56. The Morgan fingerprint density at radius 3 is 2.76 bits per heavy atom. The number of alkyl halides is 3. The van der Waals surface area contributed by atoms with E-state index < -0.39 is 33.2 Å². The lowest BCUT2D eigenvalue weighted by molar-refractivity contribution is -0.0435. The summed E-state index contributed by atoms with van der Waals surface area (Å²) in [6.45, 7) is 1.89. The molecule has 5 nitrogen and oxygen atoms in total. The van der Waals surface area contributed by atoms with Gasteiger partial charge in [-0.3, -0.25) is 4.79 Å². The van der Waals surface area contributed by atoms with Crippen molar-refractivity contribution in [2.75, 3.05) is 11.1 Å². The van der Waals surface area contributed by atoms with Crippen molar-refractivity contribution >= 4 is 34.5 Å². The van der Waals surface area contributed by atoms with Crippen molar-refractivity contribution in [3.05, 3.63) is 42.2 Å². The molecular formula is C15H13F3N2O3S2. The predicted molar refractivity (Wildman–Crippen MR) is 89.2 cm³/mol. The third-order valence-electron chi connectivity index (χ3n) is 2.93. The van der Waals surface area contributed by atoms with Crippen LogP contribution in [0.3, 0.4) is 0 Å². The minimum absolute atomic E-state index is 0.0797. The molecule has 25 heavy (non-hydrogen) atoms. The van der Waals surface area contributed by atoms with Crippen molar-refractivity contribution in [3.63, 3.8) is 0 Å². The maximum atomic E-state index is 12.6. The van der Waals surface area contributed by atoms with Crippen molar-refractivity contribution in [3.8, 4) is 5.75 Å². The van der Waals surface area contributed by atoms with Gasteiger partial charge in [-0.1, -0.05) is 6.92 Å². The SMILES string of the molecule is CCSc1cccnc1C(=O)Nc1cc([S+]([O-])C(F)(F)F)ccc1O. The van der Waals surface area contributed by atoms with Gasteiger partial charge in [-0.2, -0.15) is 0 Å². The van der Waals surface area contributed by atoms with E-state index in [1.807, 2.05) is 6.92 Å². The van der Waals surface area contributed by atoms with Crippen LogP contribution in [0.25, 0.3) is 0 Å². The first-order valence-corrected chi connectivity index (χ1v) is 9.08. The van der Waals surface area contributed by atoms with Crippen molar-refractivity contribution < 1.29 is 27.6 Å². The zero-order chi connectivity index (χ0) is 18.6. The van der Waals surface area contributed by atoms with Crippen LogP contribution in [0.5, 0.6) is 5.75 Å². The maximum absolute atomic E-state index is 12.6. The molecule has 0 spiro atoms. The van der Waals surface area contributed by atoms with Gasteiger partial charge < -0.3 is 15.0 Å². The molecule has 0 saturated heterocycles. The van der Waals surface area contributed by atoms with E-state index in [1.54, 1.807) is 12.1 Å². The summed E-state index contributed by atoms with van der Waals surface area (Å²) < 4.78 is 49.1. The number of amides is 1. The quantitative estimate of drug-likeness (QED) is 0.461. The van der Waals surface area contributed by atoms with Crippen LogP contribution in [0.15, 0.2) is 46.3 Å². The van der Waals surface area contributed by atoms with Crippen molar-refractivity contribution in [1.29, 1.82) is 0 Å². The highest BCUT2D eigenvalue weighted by Crippen LogP contribution is 2.34. The number of hydrogen-bond donors (Lipinski definition) is 2. The lowest BCUT2D eigenvalue weighted by Crippen LogP contribution is -2.23. The number of benzene rings is 1. The Kier molecular flexibility index (Phi) is 6.20. The first kappa shape index (κ1) is 19.4. The van der Waals surface area contributed by atoms with E-state index in [-0.39, 0.29) is 11.4 Å². The summed E-state index contributed by atoms with van der Waals surface area (Å²) in [5, 5.41) is 12.1. The largest absolute Gasteiger partial charge is 0.604 e. The molecule has 2 aromatic rings. The summed E-state index contributed by atoms with van der Waals surface area (Å²) in [6, 6.07) is 5.99. The number of anilines is 1. The van der Waals surface area contributed by atoms with Crippen LogP contribution < -0.4 is 5.32 Å². The molecule has 1 atom stereocenters. The van der Waals surface area contributed by atoms with Gasteiger partial charge >= 0.3 is 5.51 Å². The fourth-order valence-corrected chi connectivity index (χ4v) is 3.33. The van der Waals surface area contributed by atoms with E-state index in [1.165, 1.54) is 18.0 Å². The number of aromatic nitrogens is 1. The maximum Gasteiger partial charge on any atom is 0.578 e. The Morgan fingerprint density at radius 2 is 2.12 bits per heavy atom. The molecule has 0 aliphatic rings. The summed E-state index contributed by atoms with van der Waals surface area (Å²) in [7, 11) is 0.